The van der Waals surface area contributed by atoms with Crippen LogP contribution in [0.25, 0.3) is 50.2 Å². The van der Waals surface area contributed by atoms with Gasteiger partial charge in [0.2, 0.25) is 0 Å². The van der Waals surface area contributed by atoms with E-state index < -0.39 is 0 Å². The summed E-state index contributed by atoms with van der Waals surface area (Å²) < 4.78 is 2.48. The Balaban J connectivity index is 1.58. The predicted molar refractivity (Wildman–Crippen MR) is 150 cm³/mol. The maximum atomic E-state index is 5.12. The zero-order chi connectivity index (χ0) is 24.3. The third kappa shape index (κ3) is 3.01. The van der Waals surface area contributed by atoms with Gasteiger partial charge in [-0.05, 0) is 29.3 Å². The second-order valence-electron chi connectivity index (χ2n) is 10.1. The van der Waals surface area contributed by atoms with Gasteiger partial charge in [-0.3, -0.25) is 0 Å². The molecule has 0 N–H and O–H groups in total. The third-order valence-electron chi connectivity index (χ3n) is 7.54. The van der Waals surface area contributed by atoms with Crippen LogP contribution in [0.3, 0.4) is 0 Å². The van der Waals surface area contributed by atoms with Crippen molar-refractivity contribution in [2.75, 3.05) is 0 Å². The maximum absolute atomic E-state index is 5.12. The molecule has 0 saturated carbocycles. The highest BCUT2D eigenvalue weighted by molar-refractivity contribution is 6.03. The van der Waals surface area contributed by atoms with Gasteiger partial charge in [0.05, 0.1) is 22.6 Å². The Kier molecular flexibility index (Phi) is 4.52. The van der Waals surface area contributed by atoms with Crippen LogP contribution in [0.1, 0.15) is 25.1 Å². The average Bonchev–Trinajstić information content (AvgIpc) is 3.40. The molecular weight excluding hydrogens is 436 g/mol. The molecule has 6 aromatic rings. The number of fused-ring (bicyclic) bond motifs is 5. The second-order valence-corrected chi connectivity index (χ2v) is 10.1. The van der Waals surface area contributed by atoms with Crippen molar-refractivity contribution in [2.45, 2.75) is 19.3 Å². The van der Waals surface area contributed by atoms with Crippen LogP contribution in [0.15, 0.2) is 121 Å². The summed E-state index contributed by atoms with van der Waals surface area (Å²) >= 11 is 0. The highest BCUT2D eigenvalue weighted by atomic mass is 15.0. The van der Waals surface area contributed by atoms with Gasteiger partial charge >= 0.3 is 0 Å². The van der Waals surface area contributed by atoms with Gasteiger partial charge in [-0.15, -0.1) is 0 Å². The molecule has 36 heavy (non-hydrogen) atoms. The summed E-state index contributed by atoms with van der Waals surface area (Å²) in [6.45, 7) is 4.70. The van der Waals surface area contributed by atoms with E-state index in [1.54, 1.807) is 0 Å². The van der Waals surface area contributed by atoms with Gasteiger partial charge < -0.3 is 4.57 Å². The van der Waals surface area contributed by atoms with Gasteiger partial charge in [-0.1, -0.05) is 117 Å². The van der Waals surface area contributed by atoms with Crippen molar-refractivity contribution in [3.05, 3.63) is 133 Å². The van der Waals surface area contributed by atoms with E-state index in [9.17, 15) is 0 Å². The Hall–Kier alpha value is -4.43. The van der Waals surface area contributed by atoms with E-state index in [1.807, 2.05) is 0 Å². The fraction of sp³-hybridized carbons (Fsp3) is 0.0882. The molecular formula is C34H26N2. The predicted octanol–water partition coefficient (Wildman–Crippen LogP) is 8.67. The first kappa shape index (κ1) is 20.9. The molecule has 0 aliphatic heterocycles. The van der Waals surface area contributed by atoms with Crippen molar-refractivity contribution in [2.24, 2.45) is 0 Å². The molecule has 2 heteroatoms. The molecule has 0 bridgehead atoms. The summed E-state index contributed by atoms with van der Waals surface area (Å²) in [7, 11) is 0. The Morgan fingerprint density at radius 2 is 1.17 bits per heavy atom. The van der Waals surface area contributed by atoms with E-state index in [0.717, 1.165) is 28.2 Å². The van der Waals surface area contributed by atoms with Gasteiger partial charge in [-0.25, -0.2) is 4.98 Å². The zero-order valence-corrected chi connectivity index (χ0v) is 20.4. The quantitative estimate of drug-likeness (QED) is 0.257. The maximum Gasteiger partial charge on any atom is 0.0730 e. The topological polar surface area (TPSA) is 17.8 Å². The molecule has 0 atom stereocenters. The van der Waals surface area contributed by atoms with Crippen LogP contribution in [0.4, 0.5) is 0 Å². The normalized spacial score (nSPS) is 13.5. The first-order valence-corrected chi connectivity index (χ1v) is 12.5. The number of nitrogens with zero attached hydrogens (tertiary/aromatic N) is 2. The summed E-state index contributed by atoms with van der Waals surface area (Å²) in [6, 6.07) is 43.1. The molecule has 4 aromatic carbocycles. The molecule has 2 nitrogen and oxygen atoms in total. The minimum absolute atomic E-state index is 0.131. The number of benzene rings is 4. The van der Waals surface area contributed by atoms with Crippen molar-refractivity contribution < 1.29 is 0 Å². The highest BCUT2D eigenvalue weighted by Crippen LogP contribution is 2.53. The lowest BCUT2D eigenvalue weighted by atomic mass is 9.85. The van der Waals surface area contributed by atoms with Crippen molar-refractivity contribution >= 4 is 10.9 Å². The summed E-state index contributed by atoms with van der Waals surface area (Å²) in [6.07, 6.45) is 0. The highest BCUT2D eigenvalue weighted by Gasteiger charge is 2.40. The first-order valence-electron chi connectivity index (χ1n) is 12.5. The Morgan fingerprint density at radius 1 is 0.611 bits per heavy atom. The Morgan fingerprint density at radius 3 is 1.83 bits per heavy atom. The fourth-order valence-corrected chi connectivity index (χ4v) is 5.91. The van der Waals surface area contributed by atoms with Crippen LogP contribution in [-0.4, -0.2) is 9.55 Å². The average molecular weight is 463 g/mol. The van der Waals surface area contributed by atoms with E-state index in [-0.39, 0.29) is 5.41 Å². The molecule has 1 aliphatic carbocycles. The molecule has 2 aromatic heterocycles. The van der Waals surface area contributed by atoms with E-state index >= 15 is 0 Å². The van der Waals surface area contributed by atoms with Gasteiger partial charge in [0, 0.05) is 33.2 Å². The third-order valence-corrected chi connectivity index (χ3v) is 7.54. The summed E-state index contributed by atoms with van der Waals surface area (Å²) in [4.78, 5) is 5.12. The van der Waals surface area contributed by atoms with Crippen LogP contribution < -0.4 is 0 Å². The molecule has 1 aliphatic rings. The van der Waals surface area contributed by atoms with Gasteiger partial charge in [0.25, 0.3) is 0 Å². The van der Waals surface area contributed by atoms with E-state index in [4.69, 9.17) is 4.98 Å². The van der Waals surface area contributed by atoms with E-state index in [0.29, 0.717) is 0 Å². The monoisotopic (exact) mass is 462 g/mol. The largest absolute Gasteiger partial charge is 0.312 e. The van der Waals surface area contributed by atoms with Crippen LogP contribution >= 0.6 is 0 Å². The molecule has 0 amide bonds. The zero-order valence-electron chi connectivity index (χ0n) is 20.4. The Bertz CT molecular complexity index is 1680. The molecule has 0 unspecified atom stereocenters. The lowest BCUT2D eigenvalue weighted by Crippen LogP contribution is -2.20. The Labute approximate surface area is 211 Å². The summed E-state index contributed by atoms with van der Waals surface area (Å²) in [5.41, 5.74) is 11.9. The molecule has 7 rings (SSSR count). The standard InChI is InChI=1S/C34H26N2/c1-34(2)28-19-11-9-17-26(28)32-27-18-10-12-20-31(27)36(33(32)34)25-21-29(23-13-5-3-6-14-23)35-30(22-25)24-15-7-4-8-16-24/h3-22H,1-2H3. The molecule has 0 fully saturated rings. The minimum atomic E-state index is -0.131. The van der Waals surface area contributed by atoms with Gasteiger partial charge in [0.1, 0.15) is 0 Å². The molecule has 0 radical (unpaired) electrons. The van der Waals surface area contributed by atoms with Crippen molar-refractivity contribution in [1.29, 1.82) is 0 Å². The number of pyridine rings is 1. The number of rotatable bonds is 3. The number of hydrogen-bond acceptors (Lipinski definition) is 1. The van der Waals surface area contributed by atoms with Crippen molar-refractivity contribution in [3.63, 3.8) is 0 Å². The SMILES string of the molecule is CC1(C)c2ccccc2-c2c1n(-c1cc(-c3ccccc3)nc(-c3ccccc3)c1)c1ccccc21. The van der Waals surface area contributed by atoms with Crippen molar-refractivity contribution in [3.8, 4) is 39.3 Å². The minimum Gasteiger partial charge on any atom is -0.312 e. The number of hydrogen-bond donors (Lipinski definition) is 0. The van der Waals surface area contributed by atoms with Gasteiger partial charge in [0.15, 0.2) is 0 Å². The lowest BCUT2D eigenvalue weighted by Gasteiger charge is -2.25. The summed E-state index contributed by atoms with van der Waals surface area (Å²) in [5, 5.41) is 1.30. The first-order chi connectivity index (χ1) is 17.6. The van der Waals surface area contributed by atoms with Crippen LogP contribution in [-0.2, 0) is 5.41 Å². The molecule has 172 valence electrons. The molecule has 2 heterocycles. The molecule has 0 spiro atoms. The van der Waals surface area contributed by atoms with E-state index in [1.165, 1.54) is 33.3 Å². The van der Waals surface area contributed by atoms with Crippen LogP contribution in [0, 0.1) is 0 Å². The number of aromatic nitrogens is 2. The summed E-state index contributed by atoms with van der Waals surface area (Å²) in [5.74, 6) is 0. The smallest absolute Gasteiger partial charge is 0.0730 e. The lowest BCUT2D eigenvalue weighted by molar-refractivity contribution is 0.623. The van der Waals surface area contributed by atoms with E-state index in [2.05, 4.69) is 140 Å². The molecule has 0 saturated heterocycles. The van der Waals surface area contributed by atoms with Crippen LogP contribution in [0.2, 0.25) is 0 Å². The second kappa shape index (κ2) is 7.79. The van der Waals surface area contributed by atoms with Crippen molar-refractivity contribution in [1.82, 2.24) is 9.55 Å². The van der Waals surface area contributed by atoms with Crippen LogP contribution in [0.5, 0.6) is 0 Å². The van der Waals surface area contributed by atoms with Gasteiger partial charge in [-0.2, -0.15) is 0 Å². The fourth-order valence-electron chi connectivity index (χ4n) is 5.91. The number of para-hydroxylation sites is 1.